The van der Waals surface area contributed by atoms with Gasteiger partial charge in [0.1, 0.15) is 19.3 Å². The van der Waals surface area contributed by atoms with Crippen LogP contribution in [0.15, 0.2) is 0 Å². The van der Waals surface area contributed by atoms with Crippen molar-refractivity contribution in [1.29, 1.82) is 0 Å². The molecular weight excluding hydrogens is 733 g/mol. The number of ether oxygens (including phenoxy) is 4. The lowest BCUT2D eigenvalue weighted by Gasteiger charge is -2.15. The Labute approximate surface area is 322 Å². The van der Waals surface area contributed by atoms with Gasteiger partial charge in [0, 0.05) is 63.7 Å². The third kappa shape index (κ3) is 33.6. The number of nitrogens with one attached hydrogen (secondary N) is 5. The van der Waals surface area contributed by atoms with Crippen LogP contribution in [0.5, 0.6) is 0 Å². The van der Waals surface area contributed by atoms with Crippen molar-refractivity contribution in [2.24, 2.45) is 5.73 Å². The Morgan fingerprint density at radius 2 is 1.09 bits per heavy atom. The minimum absolute atomic E-state index is 0.0606. The topological polar surface area (TPSA) is 246 Å². The van der Waals surface area contributed by atoms with Crippen LogP contribution in [0.1, 0.15) is 65.2 Å². The van der Waals surface area contributed by atoms with E-state index >= 15 is 0 Å². The molecule has 5 amide bonds. The van der Waals surface area contributed by atoms with E-state index in [4.69, 9.17) is 24.7 Å². The van der Waals surface area contributed by atoms with Crippen molar-refractivity contribution in [1.82, 2.24) is 26.6 Å². The molecular formula is C34H64N6O11S2. The minimum Gasteiger partial charge on any atom is -0.480 e. The molecule has 0 fully saturated rings. The summed E-state index contributed by atoms with van der Waals surface area (Å²) in [5.74, 6) is 0.635. The van der Waals surface area contributed by atoms with Crippen molar-refractivity contribution >= 4 is 59.0 Å². The number of hydrogen-bond acceptors (Lipinski definition) is 13. The Morgan fingerprint density at radius 3 is 1.64 bits per heavy atom. The van der Waals surface area contributed by atoms with Crippen LogP contribution in [0.2, 0.25) is 0 Å². The molecule has 17 nitrogen and oxygen atoms in total. The Kier molecular flexibility index (Phi) is 34.5. The van der Waals surface area contributed by atoms with Gasteiger partial charge in [0.25, 0.3) is 0 Å². The Balaban J connectivity index is 3.75. The van der Waals surface area contributed by atoms with E-state index in [0.717, 1.165) is 55.1 Å². The SMILES string of the molecule is CCCCC(=O)NCCSCCCOC[C@H](NC(=O)COCC(=O)NCCOCCNC(=O)[C@@H](N)COCCCSCCNC(=O)CCCC)C(=O)O. The lowest BCUT2D eigenvalue weighted by Crippen LogP contribution is -2.45. The second-order valence-corrected chi connectivity index (χ2v) is 14.2. The van der Waals surface area contributed by atoms with Gasteiger partial charge >= 0.3 is 5.97 Å². The zero-order chi connectivity index (χ0) is 39.4. The Morgan fingerprint density at radius 1 is 0.585 bits per heavy atom. The third-order valence-corrected chi connectivity index (χ3v) is 9.08. The maximum absolute atomic E-state index is 12.1. The predicted molar refractivity (Wildman–Crippen MR) is 206 cm³/mol. The molecule has 0 aliphatic carbocycles. The van der Waals surface area contributed by atoms with Crippen LogP contribution in [-0.2, 0) is 47.7 Å². The fourth-order valence-corrected chi connectivity index (χ4v) is 5.58. The molecule has 0 radical (unpaired) electrons. The van der Waals surface area contributed by atoms with E-state index < -0.39 is 43.1 Å². The first-order valence-corrected chi connectivity index (χ1v) is 20.7. The van der Waals surface area contributed by atoms with Crippen LogP contribution >= 0.6 is 23.5 Å². The molecule has 0 spiro atoms. The van der Waals surface area contributed by atoms with Crippen LogP contribution in [0, 0.1) is 0 Å². The maximum Gasteiger partial charge on any atom is 0.328 e. The summed E-state index contributed by atoms with van der Waals surface area (Å²) < 4.78 is 21.3. The molecule has 0 saturated carbocycles. The molecule has 0 aliphatic heterocycles. The summed E-state index contributed by atoms with van der Waals surface area (Å²) in [6.07, 6.45) is 6.38. The molecule has 0 rings (SSSR count). The average Bonchev–Trinajstić information content (AvgIpc) is 3.13. The van der Waals surface area contributed by atoms with Gasteiger partial charge < -0.3 is 56.4 Å². The zero-order valence-corrected chi connectivity index (χ0v) is 33.2. The normalized spacial score (nSPS) is 12.1. The van der Waals surface area contributed by atoms with Gasteiger partial charge in [0.05, 0.1) is 26.4 Å². The minimum atomic E-state index is -1.26. The van der Waals surface area contributed by atoms with Crippen LogP contribution in [0.3, 0.4) is 0 Å². The number of carboxylic acids is 1. The first kappa shape index (κ1) is 50.3. The lowest BCUT2D eigenvalue weighted by atomic mass is 10.2. The molecule has 308 valence electrons. The molecule has 0 aromatic heterocycles. The summed E-state index contributed by atoms with van der Waals surface area (Å²) in [5, 5.41) is 22.7. The zero-order valence-electron chi connectivity index (χ0n) is 31.5. The summed E-state index contributed by atoms with van der Waals surface area (Å²) in [5.41, 5.74) is 5.86. The molecule has 53 heavy (non-hydrogen) atoms. The van der Waals surface area contributed by atoms with E-state index in [0.29, 0.717) is 45.6 Å². The van der Waals surface area contributed by atoms with E-state index in [-0.39, 0.29) is 57.2 Å². The highest BCUT2D eigenvalue weighted by Crippen LogP contribution is 2.03. The van der Waals surface area contributed by atoms with E-state index in [2.05, 4.69) is 33.5 Å². The molecule has 0 aliphatic rings. The average molecular weight is 797 g/mol. The van der Waals surface area contributed by atoms with Crippen LogP contribution < -0.4 is 32.3 Å². The number of thioether (sulfide) groups is 2. The molecule has 0 aromatic carbocycles. The summed E-state index contributed by atoms with van der Waals surface area (Å²) in [7, 11) is 0. The van der Waals surface area contributed by atoms with Gasteiger partial charge in [-0.25, -0.2) is 4.79 Å². The van der Waals surface area contributed by atoms with Gasteiger partial charge in [-0.1, -0.05) is 26.7 Å². The van der Waals surface area contributed by atoms with Crippen LogP contribution in [-0.4, -0.2) is 155 Å². The van der Waals surface area contributed by atoms with Crippen LogP contribution in [0.25, 0.3) is 0 Å². The van der Waals surface area contributed by atoms with Gasteiger partial charge in [0.2, 0.25) is 29.5 Å². The van der Waals surface area contributed by atoms with E-state index in [9.17, 15) is 33.9 Å². The standard InChI is InChI=1S/C34H64N6O11S2/c1-3-5-9-29(41)37-13-21-52-19-7-15-49-23-27(35)33(45)39-12-18-48-17-11-36-31(43)25-51-26-32(44)40-28(34(46)47)24-50-16-8-20-53-22-14-38-30(42)10-6-4-2/h27-28H,3-26,35H2,1-2H3,(H,36,43)(H,37,41)(H,38,42)(H,39,45)(H,40,44)(H,46,47)/t27-,28-/m0/s1. The number of carboxylic acid groups (broad SMARTS) is 1. The fraction of sp³-hybridized carbons (Fsp3) is 0.824. The highest BCUT2D eigenvalue weighted by molar-refractivity contribution is 7.99. The molecule has 2 atom stereocenters. The molecule has 8 N–H and O–H groups in total. The first-order valence-electron chi connectivity index (χ1n) is 18.4. The third-order valence-electron chi connectivity index (χ3n) is 6.94. The highest BCUT2D eigenvalue weighted by atomic mass is 32.2. The quantitative estimate of drug-likeness (QED) is 0.0411. The summed E-state index contributed by atoms with van der Waals surface area (Å²) in [6, 6.07) is -2.07. The summed E-state index contributed by atoms with van der Waals surface area (Å²) in [4.78, 5) is 70.7. The molecule has 0 saturated heterocycles. The van der Waals surface area contributed by atoms with Crippen molar-refractivity contribution < 1.29 is 52.8 Å². The number of carbonyl (C=O) groups is 6. The van der Waals surface area contributed by atoms with Crippen molar-refractivity contribution in [3.05, 3.63) is 0 Å². The van der Waals surface area contributed by atoms with E-state index in [1.165, 1.54) is 0 Å². The van der Waals surface area contributed by atoms with E-state index in [1.807, 2.05) is 6.92 Å². The second kappa shape index (κ2) is 36.3. The number of amides is 5. The molecule has 0 aromatic rings. The van der Waals surface area contributed by atoms with Crippen molar-refractivity contribution in [3.63, 3.8) is 0 Å². The van der Waals surface area contributed by atoms with Crippen molar-refractivity contribution in [2.45, 2.75) is 77.3 Å². The fourth-order valence-electron chi connectivity index (χ4n) is 4.03. The Hall–Kier alpha value is -2.68. The van der Waals surface area contributed by atoms with E-state index in [1.54, 1.807) is 23.5 Å². The monoisotopic (exact) mass is 796 g/mol. The highest BCUT2D eigenvalue weighted by Gasteiger charge is 2.20. The number of nitrogens with two attached hydrogens (primary N) is 1. The molecule has 0 heterocycles. The summed E-state index contributed by atoms with van der Waals surface area (Å²) in [6.45, 7) is 5.89. The van der Waals surface area contributed by atoms with Crippen LogP contribution in [0.4, 0.5) is 0 Å². The number of aliphatic carboxylic acids is 1. The van der Waals surface area contributed by atoms with Crippen molar-refractivity contribution in [3.8, 4) is 0 Å². The number of carbonyl (C=O) groups excluding carboxylic acids is 5. The Bertz CT molecular complexity index is 1020. The number of unbranched alkanes of at least 4 members (excludes halogenated alkanes) is 2. The number of hydrogen-bond donors (Lipinski definition) is 7. The number of rotatable bonds is 37. The molecule has 19 heteroatoms. The van der Waals surface area contributed by atoms with Gasteiger partial charge in [-0.3, -0.25) is 24.0 Å². The smallest absolute Gasteiger partial charge is 0.328 e. The van der Waals surface area contributed by atoms with Gasteiger partial charge in [0.15, 0.2) is 6.04 Å². The van der Waals surface area contributed by atoms with Gasteiger partial charge in [-0.15, -0.1) is 0 Å². The second-order valence-electron chi connectivity index (χ2n) is 11.8. The molecule has 0 unspecified atom stereocenters. The maximum atomic E-state index is 12.1. The molecule has 0 bridgehead atoms. The van der Waals surface area contributed by atoms with Gasteiger partial charge in [-0.05, 0) is 37.2 Å². The lowest BCUT2D eigenvalue weighted by molar-refractivity contribution is -0.144. The first-order chi connectivity index (χ1) is 25.6. The predicted octanol–water partition coefficient (Wildman–Crippen LogP) is 0.0413. The summed E-state index contributed by atoms with van der Waals surface area (Å²) >= 11 is 3.39. The van der Waals surface area contributed by atoms with Gasteiger partial charge in [-0.2, -0.15) is 23.5 Å². The largest absolute Gasteiger partial charge is 0.480 e. The van der Waals surface area contributed by atoms with Crippen molar-refractivity contribution in [2.75, 3.05) is 102 Å².